The number of amides is 1. The lowest BCUT2D eigenvalue weighted by Gasteiger charge is -2.34. The van der Waals surface area contributed by atoms with E-state index in [4.69, 9.17) is 16.3 Å². The van der Waals surface area contributed by atoms with Gasteiger partial charge in [-0.25, -0.2) is 0 Å². The maximum atomic E-state index is 12.6. The number of alkyl halides is 3. The largest absolute Gasteiger partial charge is 0.522 e. The number of fused-ring (bicyclic) bond motifs is 1. The molecule has 4 rings (SSSR count). The van der Waals surface area contributed by atoms with Gasteiger partial charge in [-0.05, 0) is 42.5 Å². The molecular weight excluding hydrogens is 463 g/mol. The molecule has 2 aliphatic rings. The summed E-state index contributed by atoms with van der Waals surface area (Å²) in [6.45, 7) is 4.30. The van der Waals surface area contributed by atoms with Crippen molar-refractivity contribution in [2.45, 2.75) is 62.8 Å². The van der Waals surface area contributed by atoms with Gasteiger partial charge in [0.1, 0.15) is 5.75 Å². The van der Waals surface area contributed by atoms with Crippen LogP contribution in [0, 0.1) is 0 Å². The van der Waals surface area contributed by atoms with E-state index in [9.17, 15) is 23.1 Å². The van der Waals surface area contributed by atoms with Crippen molar-refractivity contribution in [3.05, 3.63) is 59.0 Å². The van der Waals surface area contributed by atoms with Crippen molar-refractivity contribution in [3.63, 3.8) is 0 Å². The molecule has 1 aliphatic carbocycles. The molecule has 2 atom stereocenters. The molecule has 1 fully saturated rings. The highest BCUT2D eigenvalue weighted by atomic mass is 35.5. The molecule has 0 radical (unpaired) electrons. The zero-order valence-electron chi connectivity index (χ0n) is 17.5. The van der Waals surface area contributed by atoms with E-state index in [1.165, 1.54) is 0 Å². The van der Waals surface area contributed by atoms with Gasteiger partial charge in [0.25, 0.3) is 5.91 Å². The van der Waals surface area contributed by atoms with E-state index in [1.54, 1.807) is 35.3 Å². The van der Waals surface area contributed by atoms with Crippen LogP contribution in [0.5, 0.6) is 5.75 Å². The van der Waals surface area contributed by atoms with Gasteiger partial charge in [0.2, 0.25) is 0 Å². The number of carbonyl (C=O) groups excluding carboxylic acids is 1. The maximum absolute atomic E-state index is 12.6. The van der Waals surface area contributed by atoms with Gasteiger partial charge in [-0.15, -0.1) is 13.2 Å². The third-order valence-electron chi connectivity index (χ3n) is 5.79. The lowest BCUT2D eigenvalue weighted by molar-refractivity contribution is -0.351. The number of aliphatic hydroxyl groups excluding tert-OH is 1. The summed E-state index contributed by atoms with van der Waals surface area (Å²) >= 11 is 5.94. The molecule has 0 unspecified atom stereocenters. The number of benzene rings is 1. The minimum Gasteiger partial charge on any atom is -0.480 e. The third-order valence-corrected chi connectivity index (χ3v) is 6.03. The average Bonchev–Trinajstić information content (AvgIpc) is 3.17. The molecule has 1 aromatic heterocycles. The fourth-order valence-corrected chi connectivity index (χ4v) is 4.16. The molecule has 1 aromatic carbocycles. The lowest BCUT2D eigenvalue weighted by atomic mass is 9.79. The van der Waals surface area contributed by atoms with Crippen LogP contribution in [0.3, 0.4) is 0 Å². The molecule has 11 heteroatoms. The second-order valence-electron chi connectivity index (χ2n) is 8.27. The quantitative estimate of drug-likeness (QED) is 0.613. The predicted molar refractivity (Wildman–Crippen MR) is 112 cm³/mol. The number of rotatable bonds is 7. The van der Waals surface area contributed by atoms with Crippen LogP contribution < -0.4 is 10.1 Å². The van der Waals surface area contributed by atoms with Crippen molar-refractivity contribution < 1.29 is 32.5 Å². The van der Waals surface area contributed by atoms with E-state index in [0.717, 1.165) is 5.56 Å². The van der Waals surface area contributed by atoms with E-state index in [0.29, 0.717) is 47.8 Å². The van der Waals surface area contributed by atoms with Crippen LogP contribution in [0.1, 0.15) is 48.8 Å². The van der Waals surface area contributed by atoms with Gasteiger partial charge >= 0.3 is 6.36 Å². The monoisotopic (exact) mass is 485 g/mol. The van der Waals surface area contributed by atoms with Gasteiger partial charge in [0.05, 0.1) is 18.4 Å². The SMILES string of the molecule is C=C(CCn1cc([C@H]2C[C@@H](OC(F)(F)F)C2)cn1)NC(=O)[C@H]1C[C@@H](O)c2cc(Cl)ccc2O1. The topological polar surface area (TPSA) is 85.6 Å². The highest BCUT2D eigenvalue weighted by Gasteiger charge is 2.41. The molecule has 2 heterocycles. The zero-order valence-corrected chi connectivity index (χ0v) is 18.3. The first-order valence-corrected chi connectivity index (χ1v) is 10.8. The van der Waals surface area contributed by atoms with Gasteiger partial charge in [-0.2, -0.15) is 5.10 Å². The molecule has 2 N–H and O–H groups in total. The van der Waals surface area contributed by atoms with Gasteiger partial charge in [-0.3, -0.25) is 14.2 Å². The lowest BCUT2D eigenvalue weighted by Crippen LogP contribution is -2.41. The molecule has 1 saturated carbocycles. The Bertz CT molecular complexity index is 1040. The number of aromatic nitrogens is 2. The smallest absolute Gasteiger partial charge is 0.480 e. The van der Waals surface area contributed by atoms with Crippen molar-refractivity contribution in [1.82, 2.24) is 15.1 Å². The van der Waals surface area contributed by atoms with Gasteiger partial charge in [0, 0.05) is 41.9 Å². The van der Waals surface area contributed by atoms with Crippen LogP contribution in [0.15, 0.2) is 42.9 Å². The molecule has 7 nitrogen and oxygen atoms in total. The third kappa shape index (κ3) is 5.87. The standard InChI is InChI=1S/C22H23ClF3N3O4/c1-12(28-21(31)20-9-18(30)17-8-15(23)2-3-19(17)32-20)4-5-29-11-14(10-27-29)13-6-16(7-13)33-22(24,25)26/h2-3,8,10-11,13,16,18,20,30H,1,4-7,9H2,(H,28,31)/t13-,16+,18-,20-/m1/s1. The Labute approximate surface area is 193 Å². The second kappa shape index (κ2) is 9.36. The average molecular weight is 486 g/mol. The van der Waals surface area contributed by atoms with Crippen LogP contribution >= 0.6 is 11.6 Å². The van der Waals surface area contributed by atoms with E-state index in [2.05, 4.69) is 21.7 Å². The van der Waals surface area contributed by atoms with Crippen LogP contribution in [0.25, 0.3) is 0 Å². The fourth-order valence-electron chi connectivity index (χ4n) is 3.98. The van der Waals surface area contributed by atoms with Crippen molar-refractivity contribution in [1.29, 1.82) is 0 Å². The highest BCUT2D eigenvalue weighted by Crippen LogP contribution is 2.41. The number of nitrogens with one attached hydrogen (secondary N) is 1. The summed E-state index contributed by atoms with van der Waals surface area (Å²) in [6.07, 6.45) is -2.64. The maximum Gasteiger partial charge on any atom is 0.522 e. The van der Waals surface area contributed by atoms with E-state index < -0.39 is 30.6 Å². The summed E-state index contributed by atoms with van der Waals surface area (Å²) in [6, 6.07) is 4.85. The minimum atomic E-state index is -4.61. The van der Waals surface area contributed by atoms with Crippen molar-refractivity contribution in [3.8, 4) is 5.75 Å². The van der Waals surface area contributed by atoms with Crippen molar-refractivity contribution in [2.24, 2.45) is 0 Å². The fraction of sp³-hybridized carbons (Fsp3) is 0.455. The molecule has 0 bridgehead atoms. The Morgan fingerprint density at radius 2 is 2.12 bits per heavy atom. The van der Waals surface area contributed by atoms with Gasteiger partial charge in [-0.1, -0.05) is 18.2 Å². The number of carbonyl (C=O) groups is 1. The number of halogens is 4. The number of nitrogens with zero attached hydrogens (tertiary/aromatic N) is 2. The molecule has 0 saturated heterocycles. The number of aryl methyl sites for hydroxylation is 1. The van der Waals surface area contributed by atoms with Crippen LogP contribution in [-0.2, 0) is 16.1 Å². The minimum absolute atomic E-state index is 0.0124. The number of aliphatic hydroxyl groups is 1. The second-order valence-corrected chi connectivity index (χ2v) is 8.71. The number of hydrogen-bond donors (Lipinski definition) is 2. The first-order valence-electron chi connectivity index (χ1n) is 10.5. The van der Waals surface area contributed by atoms with Crippen LogP contribution in [0.2, 0.25) is 5.02 Å². The molecule has 0 spiro atoms. The molecule has 178 valence electrons. The van der Waals surface area contributed by atoms with Crippen molar-refractivity contribution in [2.75, 3.05) is 0 Å². The molecule has 33 heavy (non-hydrogen) atoms. The first kappa shape index (κ1) is 23.6. The number of hydrogen-bond acceptors (Lipinski definition) is 5. The van der Waals surface area contributed by atoms with Crippen molar-refractivity contribution >= 4 is 17.5 Å². The number of allylic oxidation sites excluding steroid dienone is 1. The summed E-state index contributed by atoms with van der Waals surface area (Å²) in [5, 5.41) is 17.7. The zero-order chi connectivity index (χ0) is 23.8. The summed E-state index contributed by atoms with van der Waals surface area (Å²) in [5.74, 6) is -0.0144. The summed E-state index contributed by atoms with van der Waals surface area (Å²) < 4.78 is 48.1. The highest BCUT2D eigenvalue weighted by molar-refractivity contribution is 6.30. The Morgan fingerprint density at radius 1 is 1.36 bits per heavy atom. The summed E-state index contributed by atoms with van der Waals surface area (Å²) in [7, 11) is 0. The number of ether oxygens (including phenoxy) is 2. The van der Waals surface area contributed by atoms with Gasteiger partial charge < -0.3 is 15.2 Å². The molecule has 2 aromatic rings. The normalized spacial score (nSPS) is 24.4. The molecular formula is C22H23ClF3N3O4. The first-order chi connectivity index (χ1) is 15.6. The van der Waals surface area contributed by atoms with Crippen LogP contribution in [0.4, 0.5) is 13.2 Å². The van der Waals surface area contributed by atoms with E-state index in [-0.39, 0.29) is 12.3 Å². The Kier molecular flexibility index (Phi) is 6.69. The predicted octanol–water partition coefficient (Wildman–Crippen LogP) is 4.22. The Morgan fingerprint density at radius 3 is 2.85 bits per heavy atom. The van der Waals surface area contributed by atoms with Crippen LogP contribution in [-0.4, -0.2) is 39.4 Å². The van der Waals surface area contributed by atoms with E-state index in [1.807, 2.05) is 0 Å². The molecule has 1 aliphatic heterocycles. The van der Waals surface area contributed by atoms with E-state index >= 15 is 0 Å². The molecule has 1 amide bonds. The summed E-state index contributed by atoms with van der Waals surface area (Å²) in [5.41, 5.74) is 1.86. The Balaban J connectivity index is 1.23. The Hall–Kier alpha value is -2.56. The summed E-state index contributed by atoms with van der Waals surface area (Å²) in [4.78, 5) is 12.6. The van der Waals surface area contributed by atoms with Gasteiger partial charge in [0.15, 0.2) is 6.10 Å².